The van der Waals surface area contributed by atoms with Gasteiger partial charge < -0.3 is 14.8 Å². The molecule has 3 heterocycles. The summed E-state index contributed by atoms with van der Waals surface area (Å²) in [7, 11) is 0. The van der Waals surface area contributed by atoms with Crippen molar-refractivity contribution >= 4 is 0 Å². The number of aromatic nitrogens is 4. The number of hydrogen-bond donors (Lipinski definition) is 2. The quantitative estimate of drug-likeness (QED) is 0.877. The van der Waals surface area contributed by atoms with E-state index < -0.39 is 23.2 Å². The van der Waals surface area contributed by atoms with Gasteiger partial charge in [-0.1, -0.05) is 0 Å². The molecule has 0 saturated heterocycles. The molecule has 132 valence electrons. The van der Waals surface area contributed by atoms with Crippen LogP contribution in [0.5, 0.6) is 0 Å². The second-order valence-electron chi connectivity index (χ2n) is 6.91. The standard InChI is InChI=1S/C15H19F3N4O2/c1-8-7-21-9(5-11(20-21)13(2,3)23)10-6-19-12(22(8)10)14(4,24)15(16,17)18/h5-6,8,23-24H,7H2,1-4H3/t8-,14+/m0/s1. The molecule has 0 radical (unpaired) electrons. The highest BCUT2D eigenvalue weighted by atomic mass is 19.4. The van der Waals surface area contributed by atoms with Crippen LogP contribution in [0.1, 0.15) is 45.3 Å². The van der Waals surface area contributed by atoms with Crippen molar-refractivity contribution in [1.82, 2.24) is 19.3 Å². The fraction of sp³-hybridized carbons (Fsp3) is 0.600. The Labute approximate surface area is 136 Å². The highest BCUT2D eigenvalue weighted by Gasteiger charge is 2.55. The summed E-state index contributed by atoms with van der Waals surface area (Å²) >= 11 is 0. The largest absolute Gasteiger partial charge is 0.424 e. The molecule has 1 aliphatic heterocycles. The zero-order chi connectivity index (χ0) is 18.1. The number of halogens is 3. The normalized spacial score (nSPS) is 20.5. The molecule has 0 spiro atoms. The zero-order valence-corrected chi connectivity index (χ0v) is 13.8. The molecule has 0 bridgehead atoms. The Bertz CT molecular complexity index is 784. The van der Waals surface area contributed by atoms with Crippen molar-refractivity contribution in [3.63, 3.8) is 0 Å². The van der Waals surface area contributed by atoms with Gasteiger partial charge in [0.25, 0.3) is 0 Å². The average molecular weight is 344 g/mol. The summed E-state index contributed by atoms with van der Waals surface area (Å²) in [4.78, 5) is 3.85. The van der Waals surface area contributed by atoms with Gasteiger partial charge in [0.2, 0.25) is 5.60 Å². The third kappa shape index (κ3) is 2.34. The number of alkyl halides is 3. The molecule has 0 aromatic carbocycles. The van der Waals surface area contributed by atoms with E-state index in [0.717, 1.165) is 0 Å². The lowest BCUT2D eigenvalue weighted by molar-refractivity contribution is -0.262. The van der Waals surface area contributed by atoms with Crippen LogP contribution in [0.3, 0.4) is 0 Å². The number of imidazole rings is 1. The first-order chi connectivity index (χ1) is 10.8. The number of rotatable bonds is 2. The maximum Gasteiger partial charge on any atom is 0.424 e. The fourth-order valence-corrected chi connectivity index (χ4v) is 2.88. The van der Waals surface area contributed by atoms with Gasteiger partial charge >= 0.3 is 6.18 Å². The fourth-order valence-electron chi connectivity index (χ4n) is 2.88. The molecule has 2 N–H and O–H groups in total. The number of hydrogen-bond acceptors (Lipinski definition) is 4. The summed E-state index contributed by atoms with van der Waals surface area (Å²) in [6.45, 7) is 5.92. The van der Waals surface area contributed by atoms with Gasteiger partial charge in [-0.05, 0) is 33.8 Å². The Morgan fingerprint density at radius 1 is 1.17 bits per heavy atom. The molecule has 2 aromatic rings. The minimum Gasteiger partial charge on any atom is -0.384 e. The highest BCUT2D eigenvalue weighted by Crippen LogP contribution is 2.42. The van der Waals surface area contributed by atoms with Crippen LogP contribution in [0.25, 0.3) is 11.4 Å². The lowest BCUT2D eigenvalue weighted by atomic mass is 10.0. The van der Waals surface area contributed by atoms with E-state index in [-0.39, 0.29) is 6.04 Å². The Morgan fingerprint density at radius 2 is 1.79 bits per heavy atom. The third-order valence-corrected chi connectivity index (χ3v) is 4.33. The molecule has 9 heteroatoms. The lowest BCUT2D eigenvalue weighted by Gasteiger charge is -2.31. The van der Waals surface area contributed by atoms with Gasteiger partial charge in [0.15, 0.2) is 5.82 Å². The topological polar surface area (TPSA) is 76.1 Å². The van der Waals surface area contributed by atoms with Crippen molar-refractivity contribution in [2.24, 2.45) is 0 Å². The van der Waals surface area contributed by atoms with Crippen molar-refractivity contribution in [3.05, 3.63) is 23.8 Å². The zero-order valence-electron chi connectivity index (χ0n) is 13.8. The molecule has 3 rings (SSSR count). The second kappa shape index (κ2) is 4.82. The molecule has 0 unspecified atom stereocenters. The van der Waals surface area contributed by atoms with E-state index in [9.17, 15) is 23.4 Å². The molecule has 2 aromatic heterocycles. The first-order valence-corrected chi connectivity index (χ1v) is 7.52. The van der Waals surface area contributed by atoms with E-state index >= 15 is 0 Å². The number of nitrogens with zero attached hydrogens (tertiary/aromatic N) is 4. The molecule has 0 aliphatic carbocycles. The van der Waals surface area contributed by atoms with Crippen LogP contribution in [0.4, 0.5) is 13.2 Å². The van der Waals surface area contributed by atoms with Crippen molar-refractivity contribution in [2.75, 3.05) is 0 Å². The molecule has 6 nitrogen and oxygen atoms in total. The monoisotopic (exact) mass is 344 g/mol. The van der Waals surface area contributed by atoms with Crippen LogP contribution < -0.4 is 0 Å². The van der Waals surface area contributed by atoms with Gasteiger partial charge in [-0.15, -0.1) is 0 Å². The highest BCUT2D eigenvalue weighted by molar-refractivity contribution is 5.58. The molecular formula is C15H19F3N4O2. The summed E-state index contributed by atoms with van der Waals surface area (Å²) < 4.78 is 42.6. The third-order valence-electron chi connectivity index (χ3n) is 4.33. The summed E-state index contributed by atoms with van der Waals surface area (Å²) in [5.41, 5.74) is -2.82. The van der Waals surface area contributed by atoms with Gasteiger partial charge in [0.05, 0.1) is 35.9 Å². The van der Waals surface area contributed by atoms with Crippen molar-refractivity contribution < 1.29 is 23.4 Å². The van der Waals surface area contributed by atoms with Crippen LogP contribution in [0, 0.1) is 0 Å². The smallest absolute Gasteiger partial charge is 0.384 e. The van der Waals surface area contributed by atoms with Crippen molar-refractivity contribution in [1.29, 1.82) is 0 Å². The van der Waals surface area contributed by atoms with Gasteiger partial charge in [-0.3, -0.25) is 4.68 Å². The number of fused-ring (bicyclic) bond motifs is 3. The molecule has 0 amide bonds. The van der Waals surface area contributed by atoms with Crippen LogP contribution in [-0.4, -0.2) is 35.7 Å². The predicted octanol–water partition coefficient (Wildman–Crippen LogP) is 2.32. The maximum absolute atomic E-state index is 13.2. The minimum atomic E-state index is -4.84. The molecule has 24 heavy (non-hydrogen) atoms. The lowest BCUT2D eigenvalue weighted by Crippen LogP contribution is -2.42. The summed E-state index contributed by atoms with van der Waals surface area (Å²) in [5.74, 6) is -0.449. The Kier molecular flexibility index (Phi) is 3.41. The molecular weight excluding hydrogens is 325 g/mol. The van der Waals surface area contributed by atoms with E-state index in [1.807, 2.05) is 0 Å². The summed E-state index contributed by atoms with van der Waals surface area (Å²) in [5, 5.41) is 24.4. The van der Waals surface area contributed by atoms with Crippen molar-refractivity contribution in [2.45, 2.75) is 57.7 Å². The van der Waals surface area contributed by atoms with Crippen LogP contribution in [0.2, 0.25) is 0 Å². The molecule has 0 fully saturated rings. The first kappa shape index (κ1) is 17.0. The Balaban J connectivity index is 2.18. The summed E-state index contributed by atoms with van der Waals surface area (Å²) in [6.07, 6.45) is -3.54. The molecule has 1 aliphatic rings. The van der Waals surface area contributed by atoms with E-state index in [2.05, 4.69) is 10.1 Å². The van der Waals surface area contributed by atoms with E-state index in [1.165, 1.54) is 10.8 Å². The van der Waals surface area contributed by atoms with Gasteiger partial charge in [0.1, 0.15) is 5.60 Å². The van der Waals surface area contributed by atoms with Crippen LogP contribution in [0.15, 0.2) is 12.3 Å². The Morgan fingerprint density at radius 3 is 2.33 bits per heavy atom. The van der Waals surface area contributed by atoms with Crippen LogP contribution in [-0.2, 0) is 17.7 Å². The average Bonchev–Trinajstić information content (AvgIpc) is 2.99. The van der Waals surface area contributed by atoms with Gasteiger partial charge in [0, 0.05) is 0 Å². The van der Waals surface area contributed by atoms with Crippen molar-refractivity contribution in [3.8, 4) is 11.4 Å². The van der Waals surface area contributed by atoms with Gasteiger partial charge in [-0.25, -0.2) is 4.98 Å². The van der Waals surface area contributed by atoms with Crippen LogP contribution >= 0.6 is 0 Å². The van der Waals surface area contributed by atoms with E-state index in [1.54, 1.807) is 31.5 Å². The number of aliphatic hydroxyl groups is 2. The molecule has 2 atom stereocenters. The minimum absolute atomic E-state index is 0.315. The van der Waals surface area contributed by atoms with E-state index in [4.69, 9.17) is 0 Å². The Hall–Kier alpha value is -1.87. The SMILES string of the molecule is C[C@H]1Cn2nc(C(C)(C)O)cc2-c2cnc([C@@](C)(O)C(F)(F)F)n21. The van der Waals surface area contributed by atoms with E-state index in [0.29, 0.717) is 30.6 Å². The first-order valence-electron chi connectivity index (χ1n) is 7.52. The molecule has 0 saturated carbocycles. The predicted molar refractivity (Wildman–Crippen MR) is 79.0 cm³/mol. The van der Waals surface area contributed by atoms with Gasteiger partial charge in [-0.2, -0.15) is 18.3 Å². The maximum atomic E-state index is 13.2. The second-order valence-corrected chi connectivity index (χ2v) is 6.91. The summed E-state index contributed by atoms with van der Waals surface area (Å²) in [6, 6.07) is 1.25.